The van der Waals surface area contributed by atoms with Crippen LogP contribution in [0, 0.1) is 39.5 Å². The molecule has 0 bridgehead atoms. The minimum Gasteiger partial charge on any atom is -0.349 e. The van der Waals surface area contributed by atoms with Gasteiger partial charge in [0.15, 0.2) is 4.96 Å². The van der Waals surface area contributed by atoms with Crippen molar-refractivity contribution < 1.29 is 9.59 Å². The minimum atomic E-state index is -0.141. The van der Waals surface area contributed by atoms with Gasteiger partial charge in [-0.05, 0) is 69.1 Å². The molecule has 3 aromatic heterocycles. The summed E-state index contributed by atoms with van der Waals surface area (Å²) in [6.07, 6.45) is 5.29. The van der Waals surface area contributed by atoms with E-state index < -0.39 is 0 Å². The summed E-state index contributed by atoms with van der Waals surface area (Å²) < 4.78 is 1.85. The van der Waals surface area contributed by atoms with Gasteiger partial charge in [0.05, 0.1) is 21.6 Å². The van der Waals surface area contributed by atoms with Gasteiger partial charge in [-0.15, -0.1) is 22.7 Å². The van der Waals surface area contributed by atoms with E-state index in [4.69, 9.17) is 4.98 Å². The summed E-state index contributed by atoms with van der Waals surface area (Å²) in [5.74, 6) is 0.724. The molecule has 1 saturated heterocycles. The zero-order chi connectivity index (χ0) is 25.8. The van der Waals surface area contributed by atoms with Crippen molar-refractivity contribution in [3.8, 4) is 10.4 Å². The molecule has 4 heterocycles. The largest absolute Gasteiger partial charge is 0.349 e. The first-order valence-corrected chi connectivity index (χ1v) is 14.6. The van der Waals surface area contributed by atoms with Crippen LogP contribution in [-0.4, -0.2) is 50.2 Å². The second-order valence-corrected chi connectivity index (χ2v) is 12.5. The molecular weight excluding hydrogens is 502 g/mol. The lowest BCUT2D eigenvalue weighted by molar-refractivity contribution is 0.0696. The molecule has 1 saturated carbocycles. The number of hydrogen-bond acceptors (Lipinski definition) is 6. The molecule has 3 atom stereocenters. The Hall–Kier alpha value is -3.04. The lowest BCUT2D eigenvalue weighted by atomic mass is 9.94. The van der Waals surface area contributed by atoms with Crippen LogP contribution in [0.4, 0.5) is 0 Å². The first kappa shape index (κ1) is 24.3. The van der Waals surface area contributed by atoms with E-state index in [2.05, 4.69) is 42.3 Å². The second kappa shape index (κ2) is 9.36. The van der Waals surface area contributed by atoms with Crippen molar-refractivity contribution in [2.24, 2.45) is 11.8 Å². The summed E-state index contributed by atoms with van der Waals surface area (Å²) in [5, 5.41) is 5.98. The van der Waals surface area contributed by atoms with Gasteiger partial charge in [-0.1, -0.05) is 24.6 Å². The molecule has 1 unspecified atom stereocenters. The molecule has 7 nitrogen and oxygen atoms in total. The third-order valence-corrected chi connectivity index (χ3v) is 9.91. The molecule has 6 rings (SSSR count). The number of thiazole rings is 2. The molecule has 2 amide bonds. The van der Waals surface area contributed by atoms with Gasteiger partial charge in [-0.2, -0.15) is 0 Å². The van der Waals surface area contributed by atoms with Crippen LogP contribution in [0.3, 0.4) is 0 Å². The van der Waals surface area contributed by atoms with Gasteiger partial charge in [-0.3, -0.25) is 14.0 Å². The molecule has 2 fully saturated rings. The smallest absolute Gasteiger partial charge is 0.274 e. The number of benzene rings is 1. The Balaban J connectivity index is 1.28. The van der Waals surface area contributed by atoms with E-state index in [1.165, 1.54) is 28.9 Å². The van der Waals surface area contributed by atoms with Gasteiger partial charge in [0.2, 0.25) is 0 Å². The number of imidazole rings is 1. The third kappa shape index (κ3) is 4.18. The fourth-order valence-corrected chi connectivity index (χ4v) is 7.81. The van der Waals surface area contributed by atoms with Crippen LogP contribution < -0.4 is 5.32 Å². The maximum Gasteiger partial charge on any atom is 0.274 e. The van der Waals surface area contributed by atoms with Gasteiger partial charge in [0.1, 0.15) is 11.4 Å². The van der Waals surface area contributed by atoms with E-state index in [0.29, 0.717) is 29.8 Å². The van der Waals surface area contributed by atoms with Crippen molar-refractivity contribution in [1.82, 2.24) is 24.6 Å². The van der Waals surface area contributed by atoms with Gasteiger partial charge >= 0.3 is 0 Å². The van der Waals surface area contributed by atoms with Crippen LogP contribution in [0.1, 0.15) is 62.1 Å². The average molecular weight is 534 g/mol. The van der Waals surface area contributed by atoms with Crippen molar-refractivity contribution in [3.05, 3.63) is 63.0 Å². The molecule has 192 valence electrons. The van der Waals surface area contributed by atoms with E-state index in [9.17, 15) is 9.59 Å². The minimum absolute atomic E-state index is 0.0213. The van der Waals surface area contributed by atoms with Gasteiger partial charge in [0, 0.05) is 24.7 Å². The number of carbonyl (C=O) groups is 2. The van der Waals surface area contributed by atoms with E-state index in [1.807, 2.05) is 34.7 Å². The van der Waals surface area contributed by atoms with Crippen LogP contribution in [0.2, 0.25) is 0 Å². The van der Waals surface area contributed by atoms with Crippen molar-refractivity contribution >= 4 is 39.4 Å². The Morgan fingerprint density at radius 1 is 1.11 bits per heavy atom. The molecule has 1 N–H and O–H groups in total. The number of likely N-dealkylation sites (tertiary alicyclic amines) is 1. The highest BCUT2D eigenvalue weighted by Crippen LogP contribution is 2.43. The predicted octanol–water partition coefficient (Wildman–Crippen LogP) is 5.42. The Labute approximate surface area is 224 Å². The average Bonchev–Trinajstić information content (AvgIpc) is 3.66. The van der Waals surface area contributed by atoms with Crippen LogP contribution in [0.15, 0.2) is 29.8 Å². The first-order chi connectivity index (χ1) is 17.8. The maximum atomic E-state index is 14.1. The highest BCUT2D eigenvalue weighted by atomic mass is 32.1. The lowest BCUT2D eigenvalue weighted by Gasteiger charge is -2.28. The highest BCUT2D eigenvalue weighted by Gasteiger charge is 2.47. The van der Waals surface area contributed by atoms with Crippen LogP contribution >= 0.6 is 22.7 Å². The molecule has 1 aliphatic carbocycles. The topological polar surface area (TPSA) is 79.6 Å². The second-order valence-electron chi connectivity index (χ2n) is 10.4. The fourth-order valence-electron chi connectivity index (χ4n) is 6.15. The molecule has 1 aliphatic heterocycles. The van der Waals surface area contributed by atoms with E-state index in [1.54, 1.807) is 11.3 Å². The van der Waals surface area contributed by atoms with E-state index in [0.717, 1.165) is 45.5 Å². The standard InChI is InChI=1S/C28H31N5O2S2/c1-15-8-9-19(12-16(15)2)25-23(31-18(4)37-25)27(35)33-14-20-6-5-7-21(20)22(33)13-29-26(34)24-17(3)30-28-32(24)10-11-36-28/h8-12,20-22H,5-7,13-14H2,1-4H3,(H,29,34)/t20?,21-,22+/m0/s1. The number of nitrogens with one attached hydrogen (secondary N) is 1. The van der Waals surface area contributed by atoms with Crippen molar-refractivity contribution in [1.29, 1.82) is 0 Å². The number of rotatable bonds is 5. The Kier molecular flexibility index (Phi) is 6.15. The van der Waals surface area contributed by atoms with Gasteiger partial charge in [0.25, 0.3) is 11.8 Å². The summed E-state index contributed by atoms with van der Waals surface area (Å²) >= 11 is 3.09. The highest BCUT2D eigenvalue weighted by molar-refractivity contribution is 7.15. The molecule has 2 aliphatic rings. The number of fused-ring (bicyclic) bond motifs is 2. The fraction of sp³-hybridized carbons (Fsp3) is 0.429. The monoisotopic (exact) mass is 533 g/mol. The Bertz CT molecular complexity index is 1520. The molecule has 1 aromatic carbocycles. The van der Waals surface area contributed by atoms with Crippen molar-refractivity contribution in [2.45, 2.75) is 53.0 Å². The lowest BCUT2D eigenvalue weighted by Crippen LogP contribution is -2.46. The summed E-state index contributed by atoms with van der Waals surface area (Å²) in [4.78, 5) is 40.3. The van der Waals surface area contributed by atoms with Crippen LogP contribution in [-0.2, 0) is 0 Å². The zero-order valence-electron chi connectivity index (χ0n) is 21.6. The summed E-state index contributed by atoms with van der Waals surface area (Å²) in [7, 11) is 0. The van der Waals surface area contributed by atoms with Crippen molar-refractivity contribution in [2.75, 3.05) is 13.1 Å². The molecule has 4 aromatic rings. The SMILES string of the molecule is Cc1nc(C(=O)N2CC3CCC[C@@H]3[C@H]2CNC(=O)c2c(C)nc3sccn23)c(-c2ccc(C)c(C)c2)s1. The molecule has 0 radical (unpaired) electrons. The van der Waals surface area contributed by atoms with Crippen LogP contribution in [0.25, 0.3) is 15.4 Å². The number of aromatic nitrogens is 3. The quantitative estimate of drug-likeness (QED) is 0.371. The summed E-state index contributed by atoms with van der Waals surface area (Å²) in [6.45, 7) is 9.19. The molecule has 0 spiro atoms. The normalized spacial score (nSPS) is 21.1. The van der Waals surface area contributed by atoms with Crippen LogP contribution in [0.5, 0.6) is 0 Å². The van der Waals surface area contributed by atoms with E-state index in [-0.39, 0.29) is 17.9 Å². The maximum absolute atomic E-state index is 14.1. The summed E-state index contributed by atoms with van der Waals surface area (Å²) in [6, 6.07) is 6.30. The van der Waals surface area contributed by atoms with E-state index >= 15 is 0 Å². The molecule has 9 heteroatoms. The van der Waals surface area contributed by atoms with Crippen molar-refractivity contribution in [3.63, 3.8) is 0 Å². The Morgan fingerprint density at radius 3 is 2.76 bits per heavy atom. The number of carbonyl (C=O) groups excluding carboxylic acids is 2. The Morgan fingerprint density at radius 2 is 1.95 bits per heavy atom. The third-order valence-electron chi connectivity index (χ3n) is 8.13. The van der Waals surface area contributed by atoms with Gasteiger partial charge < -0.3 is 10.2 Å². The number of amides is 2. The number of aryl methyl sites for hydroxylation is 4. The summed E-state index contributed by atoms with van der Waals surface area (Å²) in [5.41, 5.74) is 5.30. The number of hydrogen-bond donors (Lipinski definition) is 1. The number of nitrogens with zero attached hydrogens (tertiary/aromatic N) is 4. The first-order valence-electron chi connectivity index (χ1n) is 12.9. The van der Waals surface area contributed by atoms with Gasteiger partial charge in [-0.25, -0.2) is 9.97 Å². The zero-order valence-corrected chi connectivity index (χ0v) is 23.2. The predicted molar refractivity (Wildman–Crippen MR) is 148 cm³/mol. The molecular formula is C28H31N5O2S2. The molecule has 37 heavy (non-hydrogen) atoms.